The molecule has 4 N–H and O–H groups in total. The molecule has 0 aromatic rings. The van der Waals surface area contributed by atoms with Gasteiger partial charge in [-0.25, -0.2) is 9.18 Å². The quantitative estimate of drug-likeness (QED) is 0.237. The normalized spacial score (nSPS) is 48.3. The van der Waals surface area contributed by atoms with Crippen LogP contribution in [0.1, 0.15) is 79.1 Å². The zero-order valence-corrected chi connectivity index (χ0v) is 25.6. The molecule has 0 aromatic heterocycles. The summed E-state index contributed by atoms with van der Waals surface area (Å²) in [4.78, 5) is 48.5. The highest BCUT2D eigenvalue weighted by Crippen LogP contribution is 2.71. The SMILES string of the molecule is CC(=O)OCC(=O)[C@H]1CCC2C3CC[C@H]4C[C@H](OC5O[C@H](C(=O)O)[C@@H](O)[C@H](O)[C@H]5O)CC[C@]4(C)[C@@]3(F)[C@H](OC(C)=O)C[C@@]21C. The van der Waals surface area contributed by atoms with E-state index in [0.717, 1.165) is 0 Å². The zero-order valence-electron chi connectivity index (χ0n) is 25.6. The molecule has 1 saturated heterocycles. The van der Waals surface area contributed by atoms with Crippen LogP contribution in [-0.2, 0) is 38.1 Å². The average molecular weight is 629 g/mol. The minimum atomic E-state index is -1.89. The number of aliphatic hydroxyl groups excluding tert-OH is 3. The second-order valence-corrected chi connectivity index (χ2v) is 14.1. The number of aliphatic carboxylic acids is 1. The number of hydrogen-bond donors (Lipinski definition) is 4. The molecule has 4 aliphatic carbocycles. The van der Waals surface area contributed by atoms with Crippen molar-refractivity contribution >= 4 is 23.7 Å². The maximum atomic E-state index is 18.2. The van der Waals surface area contributed by atoms with E-state index in [1.54, 1.807) is 0 Å². The van der Waals surface area contributed by atoms with Crippen LogP contribution in [0.4, 0.5) is 4.39 Å². The molecule has 44 heavy (non-hydrogen) atoms. The lowest BCUT2D eigenvalue weighted by atomic mass is 9.42. The van der Waals surface area contributed by atoms with E-state index < -0.39 is 89.2 Å². The van der Waals surface area contributed by atoms with Crippen molar-refractivity contribution < 1.29 is 62.9 Å². The summed E-state index contributed by atoms with van der Waals surface area (Å²) in [6, 6.07) is 0. The van der Waals surface area contributed by atoms with Gasteiger partial charge < -0.3 is 39.4 Å². The van der Waals surface area contributed by atoms with Crippen molar-refractivity contribution in [3.05, 3.63) is 0 Å². The number of carbonyl (C=O) groups excluding carboxylic acids is 3. The Morgan fingerprint density at radius 3 is 2.23 bits per heavy atom. The second kappa shape index (κ2) is 11.9. The first-order valence-corrected chi connectivity index (χ1v) is 15.6. The number of fused-ring (bicyclic) bond motifs is 5. The summed E-state index contributed by atoms with van der Waals surface area (Å²) in [6.45, 7) is 6.02. The van der Waals surface area contributed by atoms with E-state index in [0.29, 0.717) is 44.9 Å². The summed E-state index contributed by atoms with van der Waals surface area (Å²) in [7, 11) is 0. The Kier molecular flexibility index (Phi) is 8.95. The third kappa shape index (κ3) is 5.26. The minimum Gasteiger partial charge on any atom is -0.479 e. The predicted octanol–water partition coefficient (Wildman–Crippen LogP) is 1.69. The molecule has 3 unspecified atom stereocenters. The molecule has 0 aromatic carbocycles. The molecule has 1 heterocycles. The van der Waals surface area contributed by atoms with E-state index in [2.05, 4.69) is 0 Å². The fraction of sp³-hybridized carbons (Fsp3) is 0.871. The molecule has 0 spiro atoms. The third-order valence-electron chi connectivity index (χ3n) is 11.9. The lowest BCUT2D eigenvalue weighted by molar-refractivity contribution is -0.313. The molecule has 5 fully saturated rings. The number of alkyl halides is 1. The Hall–Kier alpha value is -2.19. The predicted molar refractivity (Wildman–Crippen MR) is 147 cm³/mol. The number of carbonyl (C=O) groups is 4. The van der Waals surface area contributed by atoms with Crippen molar-refractivity contribution in [1.82, 2.24) is 0 Å². The number of halogens is 1. The number of esters is 2. The Labute approximate surface area is 255 Å². The van der Waals surface area contributed by atoms with Crippen molar-refractivity contribution in [1.29, 1.82) is 0 Å². The first-order chi connectivity index (χ1) is 20.5. The first kappa shape index (κ1) is 33.2. The summed E-state index contributed by atoms with van der Waals surface area (Å²) >= 11 is 0. The zero-order chi connectivity index (χ0) is 32.4. The number of ketones is 1. The summed E-state index contributed by atoms with van der Waals surface area (Å²) in [5.74, 6) is -4.12. The van der Waals surface area contributed by atoms with Gasteiger partial charge in [-0.15, -0.1) is 0 Å². The van der Waals surface area contributed by atoms with Crippen molar-refractivity contribution in [3.8, 4) is 0 Å². The number of ether oxygens (including phenoxy) is 4. The van der Waals surface area contributed by atoms with Gasteiger partial charge in [0.1, 0.15) is 31.0 Å². The van der Waals surface area contributed by atoms with Crippen molar-refractivity contribution in [2.24, 2.45) is 34.5 Å². The van der Waals surface area contributed by atoms with Gasteiger partial charge in [0.15, 0.2) is 23.8 Å². The van der Waals surface area contributed by atoms with Crippen LogP contribution < -0.4 is 0 Å². The Morgan fingerprint density at radius 2 is 1.59 bits per heavy atom. The molecule has 0 radical (unpaired) electrons. The monoisotopic (exact) mass is 628 g/mol. The molecule has 5 aliphatic rings. The average Bonchev–Trinajstić information content (AvgIpc) is 3.28. The molecule has 5 rings (SSSR count). The lowest BCUT2D eigenvalue weighted by Gasteiger charge is -2.65. The summed E-state index contributed by atoms with van der Waals surface area (Å²) in [5.41, 5.74) is -3.44. The van der Waals surface area contributed by atoms with E-state index in [-0.39, 0.29) is 30.6 Å². The first-order valence-electron chi connectivity index (χ1n) is 15.6. The van der Waals surface area contributed by atoms with Gasteiger partial charge in [0.2, 0.25) is 0 Å². The van der Waals surface area contributed by atoms with Crippen LogP contribution >= 0.6 is 0 Å². The number of rotatable bonds is 7. The molecular weight excluding hydrogens is 583 g/mol. The van der Waals surface area contributed by atoms with Gasteiger partial charge >= 0.3 is 17.9 Å². The fourth-order valence-electron chi connectivity index (χ4n) is 9.79. The standard InChI is InChI=1S/C31H45FO12/c1-14(33)41-13-21(35)20-8-7-18-19-6-5-16-11-17(43-28-25(38)23(36)24(37)26(44-28)27(39)40)9-10-30(16,4)31(19,32)22(42-15(2)34)12-29(18,20)3/h16-20,22-26,28,36-38H,5-13H2,1-4H3,(H,39,40)/t16-,17+,18?,19?,20+,22+,23-,24-,25+,26-,28?,29-,30-,31-/m0/s1. The smallest absolute Gasteiger partial charge is 0.335 e. The number of aliphatic hydroxyl groups is 3. The lowest BCUT2D eigenvalue weighted by Crippen LogP contribution is -2.70. The van der Waals surface area contributed by atoms with Crippen LogP contribution in [0.2, 0.25) is 0 Å². The topological polar surface area (TPSA) is 186 Å². The van der Waals surface area contributed by atoms with Crippen LogP contribution in [-0.4, -0.2) is 99.3 Å². The van der Waals surface area contributed by atoms with E-state index in [1.807, 2.05) is 13.8 Å². The second-order valence-electron chi connectivity index (χ2n) is 14.1. The van der Waals surface area contributed by atoms with Gasteiger partial charge in [-0.1, -0.05) is 13.8 Å². The van der Waals surface area contributed by atoms with Crippen molar-refractivity contribution in [3.63, 3.8) is 0 Å². The van der Waals surface area contributed by atoms with Crippen LogP contribution in [0.15, 0.2) is 0 Å². The van der Waals surface area contributed by atoms with E-state index in [1.165, 1.54) is 13.8 Å². The van der Waals surface area contributed by atoms with Crippen LogP contribution in [0.5, 0.6) is 0 Å². The Morgan fingerprint density at radius 1 is 0.909 bits per heavy atom. The Bertz CT molecular complexity index is 1160. The number of hydrogen-bond acceptors (Lipinski definition) is 11. The molecule has 0 amide bonds. The van der Waals surface area contributed by atoms with Gasteiger partial charge in [0.25, 0.3) is 0 Å². The molecule has 1 aliphatic heterocycles. The largest absolute Gasteiger partial charge is 0.479 e. The molecule has 4 saturated carbocycles. The molecule has 14 atom stereocenters. The highest BCUT2D eigenvalue weighted by molar-refractivity contribution is 5.85. The number of carboxylic acid groups (broad SMARTS) is 1. The maximum absolute atomic E-state index is 18.2. The van der Waals surface area contributed by atoms with Crippen LogP contribution in [0.25, 0.3) is 0 Å². The van der Waals surface area contributed by atoms with Crippen LogP contribution in [0, 0.1) is 34.5 Å². The maximum Gasteiger partial charge on any atom is 0.335 e. The van der Waals surface area contributed by atoms with Crippen molar-refractivity contribution in [2.75, 3.05) is 6.61 Å². The molecule has 248 valence electrons. The molecule has 0 bridgehead atoms. The Balaban J connectivity index is 1.37. The van der Waals surface area contributed by atoms with Gasteiger partial charge in [-0.2, -0.15) is 0 Å². The van der Waals surface area contributed by atoms with E-state index >= 15 is 4.39 Å². The van der Waals surface area contributed by atoms with Gasteiger partial charge in [0, 0.05) is 31.1 Å². The van der Waals surface area contributed by atoms with Crippen molar-refractivity contribution in [2.45, 2.75) is 128 Å². The summed E-state index contributed by atoms with van der Waals surface area (Å²) in [5, 5.41) is 40.0. The van der Waals surface area contributed by atoms with Crippen LogP contribution in [0.3, 0.4) is 0 Å². The summed E-state index contributed by atoms with van der Waals surface area (Å²) < 4.78 is 40.3. The fourth-order valence-corrected chi connectivity index (χ4v) is 9.79. The van der Waals surface area contributed by atoms with E-state index in [4.69, 9.17) is 18.9 Å². The van der Waals surface area contributed by atoms with Gasteiger partial charge in [0.05, 0.1) is 6.10 Å². The van der Waals surface area contributed by atoms with Gasteiger partial charge in [-0.3, -0.25) is 14.4 Å². The van der Waals surface area contributed by atoms with E-state index in [9.17, 15) is 39.6 Å². The number of carboxylic acids is 1. The van der Waals surface area contributed by atoms with Gasteiger partial charge in [-0.05, 0) is 68.6 Å². The minimum absolute atomic E-state index is 0.135. The highest BCUT2D eigenvalue weighted by atomic mass is 19.1. The molecular formula is C31H45FO12. The summed E-state index contributed by atoms with van der Waals surface area (Å²) in [6.07, 6.45) is -6.66. The third-order valence-corrected chi connectivity index (χ3v) is 11.9. The number of Topliss-reactive ketones (excluding diaryl/α,β-unsaturated/α-hetero) is 1. The molecule has 13 heteroatoms. The molecule has 12 nitrogen and oxygen atoms in total. The highest BCUT2D eigenvalue weighted by Gasteiger charge is 2.73.